The van der Waals surface area contributed by atoms with Gasteiger partial charge in [-0.1, -0.05) is 112 Å². The van der Waals surface area contributed by atoms with E-state index in [1.807, 2.05) is 72.8 Å². The second-order valence-corrected chi connectivity index (χ2v) is 12.2. The molecule has 0 N–H and O–H groups in total. The molecule has 0 aliphatic heterocycles. The van der Waals surface area contributed by atoms with Crippen LogP contribution in [0.5, 0.6) is 0 Å². The van der Waals surface area contributed by atoms with Crippen LogP contribution in [0.1, 0.15) is 22.3 Å². The number of nitrogens with zero attached hydrogens (tertiary/aromatic N) is 2. The van der Waals surface area contributed by atoms with Gasteiger partial charge >= 0.3 is 0 Å². The molecule has 0 amide bonds. The van der Waals surface area contributed by atoms with E-state index >= 15 is 0 Å². The normalized spacial score (nSPS) is 12.9. The Balaban J connectivity index is 2.00. The van der Waals surface area contributed by atoms with Crippen molar-refractivity contribution in [2.75, 3.05) is 0 Å². The molecule has 6 heteroatoms. The average Bonchev–Trinajstić information content (AvgIpc) is 3.27. The van der Waals surface area contributed by atoms with Gasteiger partial charge in [0, 0.05) is 34.6 Å². The molecule has 4 aromatic carbocycles. The van der Waals surface area contributed by atoms with Crippen molar-refractivity contribution in [2.45, 2.75) is 0 Å². The van der Waals surface area contributed by atoms with Crippen molar-refractivity contribution in [1.82, 2.24) is 0 Å². The Kier molecular flexibility index (Phi) is 7.98. The van der Waals surface area contributed by atoms with Crippen molar-refractivity contribution in [3.8, 4) is 12.1 Å². The number of hydrogen-bond donors (Lipinski definition) is 0. The van der Waals surface area contributed by atoms with E-state index in [9.17, 15) is 10.5 Å². The first kappa shape index (κ1) is 26.6. The second kappa shape index (κ2) is 11.4. The Morgan fingerprint density at radius 1 is 0.395 bits per heavy atom. The highest BCUT2D eigenvalue weighted by atomic mass is 79.9. The number of nitriles is 2. The van der Waals surface area contributed by atoms with E-state index in [2.05, 4.69) is 100 Å². The SMILES string of the molecule is N#CC(C#N)=C1C(c2ccc(Br)cc2)=C(c2ccc(Br)cc2)C(c2ccc(Br)cc2)=C1c1ccc(Br)cc1. The lowest BCUT2D eigenvalue weighted by molar-refractivity contribution is 1.44. The Morgan fingerprint density at radius 2 is 0.632 bits per heavy atom. The maximum Gasteiger partial charge on any atom is 0.138 e. The van der Waals surface area contributed by atoms with Gasteiger partial charge in [0.1, 0.15) is 17.7 Å². The van der Waals surface area contributed by atoms with E-state index in [1.165, 1.54) is 0 Å². The zero-order chi connectivity index (χ0) is 26.8. The highest BCUT2D eigenvalue weighted by Gasteiger charge is 2.35. The molecule has 182 valence electrons. The maximum atomic E-state index is 10.2. The van der Waals surface area contributed by atoms with E-state index < -0.39 is 0 Å². The molecule has 0 radical (unpaired) electrons. The summed E-state index contributed by atoms with van der Waals surface area (Å²) in [4.78, 5) is 0. The van der Waals surface area contributed by atoms with Crippen molar-refractivity contribution in [3.63, 3.8) is 0 Å². The molecule has 4 aromatic rings. The summed E-state index contributed by atoms with van der Waals surface area (Å²) < 4.78 is 3.84. The molecule has 0 saturated heterocycles. The lowest BCUT2D eigenvalue weighted by Crippen LogP contribution is -1.96. The second-order valence-electron chi connectivity index (χ2n) is 8.50. The van der Waals surface area contributed by atoms with Crippen molar-refractivity contribution in [1.29, 1.82) is 10.5 Å². The molecule has 0 aromatic heterocycles. The fourth-order valence-corrected chi connectivity index (χ4v) is 5.69. The third kappa shape index (κ3) is 5.15. The number of allylic oxidation sites excluding steroid dienone is 6. The van der Waals surface area contributed by atoms with Crippen LogP contribution in [0.2, 0.25) is 0 Å². The minimum absolute atomic E-state index is 0.0718. The van der Waals surface area contributed by atoms with E-state index in [4.69, 9.17) is 0 Å². The van der Waals surface area contributed by atoms with Gasteiger partial charge < -0.3 is 0 Å². The van der Waals surface area contributed by atoms with Gasteiger partial charge in [-0.15, -0.1) is 0 Å². The largest absolute Gasteiger partial charge is 0.192 e. The van der Waals surface area contributed by atoms with Gasteiger partial charge in [0.2, 0.25) is 0 Å². The molecule has 0 saturated carbocycles. The standard InChI is InChI=1S/C32H16Br4N2/c33-24-9-1-19(2-10-24)28-29(20-3-11-25(34)12-4-20)31(22-7-15-27(36)16-8-22)32(23(17-37)18-38)30(28)21-5-13-26(35)14-6-21/h1-16H. The monoisotopic (exact) mass is 744 g/mol. The molecule has 0 unspecified atom stereocenters. The van der Waals surface area contributed by atoms with Gasteiger partial charge in [0.05, 0.1) is 0 Å². The molecule has 0 bridgehead atoms. The van der Waals surface area contributed by atoms with E-state index in [0.717, 1.165) is 62.4 Å². The molecule has 0 fully saturated rings. The fourth-order valence-electron chi connectivity index (χ4n) is 4.63. The molecule has 5 rings (SSSR count). The summed E-state index contributed by atoms with van der Waals surface area (Å²) in [5, 5.41) is 20.4. The van der Waals surface area contributed by atoms with Crippen LogP contribution in [0.3, 0.4) is 0 Å². The van der Waals surface area contributed by atoms with Gasteiger partial charge in [-0.25, -0.2) is 0 Å². The summed E-state index contributed by atoms with van der Waals surface area (Å²) in [5.41, 5.74) is 8.18. The highest BCUT2D eigenvalue weighted by Crippen LogP contribution is 2.55. The van der Waals surface area contributed by atoms with Crippen LogP contribution in [0.15, 0.2) is 126 Å². The van der Waals surface area contributed by atoms with E-state index in [0.29, 0.717) is 5.57 Å². The van der Waals surface area contributed by atoms with E-state index in [1.54, 1.807) is 0 Å². The Morgan fingerprint density at radius 3 is 0.868 bits per heavy atom. The molecular weight excluding hydrogens is 732 g/mol. The van der Waals surface area contributed by atoms with Crippen LogP contribution in [-0.2, 0) is 0 Å². The van der Waals surface area contributed by atoms with Crippen molar-refractivity contribution >= 4 is 86.0 Å². The zero-order valence-corrected chi connectivity index (χ0v) is 26.0. The quantitative estimate of drug-likeness (QED) is 0.195. The van der Waals surface area contributed by atoms with Crippen LogP contribution in [0.4, 0.5) is 0 Å². The predicted octanol–water partition coefficient (Wildman–Crippen LogP) is 10.6. The predicted molar refractivity (Wildman–Crippen MR) is 168 cm³/mol. The molecule has 0 heterocycles. The van der Waals surface area contributed by atoms with Crippen LogP contribution in [0, 0.1) is 22.7 Å². The van der Waals surface area contributed by atoms with Gasteiger partial charge in [-0.3, -0.25) is 0 Å². The minimum atomic E-state index is 0.0718. The van der Waals surface area contributed by atoms with Crippen molar-refractivity contribution < 1.29 is 0 Å². The first-order valence-electron chi connectivity index (χ1n) is 11.5. The van der Waals surface area contributed by atoms with Gasteiger partial charge in [-0.05, 0) is 81.9 Å². The third-order valence-corrected chi connectivity index (χ3v) is 8.37. The average molecular weight is 748 g/mol. The Hall–Kier alpha value is -3.00. The summed E-state index contributed by atoms with van der Waals surface area (Å²) in [6.45, 7) is 0. The van der Waals surface area contributed by atoms with Gasteiger partial charge in [-0.2, -0.15) is 10.5 Å². The molecule has 2 nitrogen and oxygen atoms in total. The minimum Gasteiger partial charge on any atom is -0.192 e. The number of rotatable bonds is 4. The fraction of sp³-hybridized carbons (Fsp3) is 0. The maximum absolute atomic E-state index is 10.2. The third-order valence-electron chi connectivity index (χ3n) is 6.26. The summed E-state index contributed by atoms with van der Waals surface area (Å²) in [7, 11) is 0. The summed E-state index contributed by atoms with van der Waals surface area (Å²) >= 11 is 14.2. The van der Waals surface area contributed by atoms with Gasteiger partial charge in [0.25, 0.3) is 0 Å². The summed E-state index contributed by atoms with van der Waals surface area (Å²) in [6, 6.07) is 36.7. The topological polar surface area (TPSA) is 47.6 Å². The molecule has 38 heavy (non-hydrogen) atoms. The lowest BCUT2D eigenvalue weighted by atomic mass is 9.88. The van der Waals surface area contributed by atoms with Crippen LogP contribution >= 0.6 is 63.7 Å². The molecule has 0 atom stereocenters. The molecule has 1 aliphatic carbocycles. The smallest absolute Gasteiger partial charge is 0.138 e. The van der Waals surface area contributed by atoms with E-state index in [-0.39, 0.29) is 5.57 Å². The highest BCUT2D eigenvalue weighted by molar-refractivity contribution is 9.11. The van der Waals surface area contributed by atoms with Crippen LogP contribution < -0.4 is 0 Å². The lowest BCUT2D eigenvalue weighted by Gasteiger charge is -2.14. The van der Waals surface area contributed by atoms with Crippen molar-refractivity contribution in [3.05, 3.63) is 148 Å². The Labute approximate surface area is 255 Å². The molecule has 0 spiro atoms. The first-order valence-corrected chi connectivity index (χ1v) is 14.7. The van der Waals surface area contributed by atoms with Crippen LogP contribution in [0.25, 0.3) is 22.3 Å². The van der Waals surface area contributed by atoms with Crippen LogP contribution in [-0.4, -0.2) is 0 Å². The zero-order valence-electron chi connectivity index (χ0n) is 19.6. The first-order chi connectivity index (χ1) is 18.4. The molecular formula is C32H16Br4N2. The Bertz CT molecular complexity index is 1580. The van der Waals surface area contributed by atoms with Gasteiger partial charge in [0.15, 0.2) is 0 Å². The summed E-state index contributed by atoms with van der Waals surface area (Å²) in [6.07, 6.45) is 0. The molecule has 1 aliphatic rings. The number of halogens is 4. The summed E-state index contributed by atoms with van der Waals surface area (Å²) in [5.74, 6) is 0. The van der Waals surface area contributed by atoms with Crippen molar-refractivity contribution in [2.24, 2.45) is 0 Å². The number of hydrogen-bond acceptors (Lipinski definition) is 2. The number of benzene rings is 4.